The van der Waals surface area contributed by atoms with Crippen molar-refractivity contribution >= 4 is 38.7 Å². The summed E-state index contributed by atoms with van der Waals surface area (Å²) in [7, 11) is 0. The van der Waals surface area contributed by atoms with Crippen LogP contribution in [0.2, 0.25) is 0 Å². The average Bonchev–Trinajstić information content (AvgIpc) is 2.48. The van der Waals surface area contributed by atoms with Crippen LogP contribution in [0.25, 0.3) is 22.7 Å². The van der Waals surface area contributed by atoms with Gasteiger partial charge in [-0.2, -0.15) is 0 Å². The molecule has 20 heavy (non-hydrogen) atoms. The van der Waals surface area contributed by atoms with Crippen molar-refractivity contribution in [3.05, 3.63) is 71.0 Å². The number of aromatic nitrogens is 2. The molecule has 0 saturated heterocycles. The molecule has 4 heteroatoms. The molecule has 3 nitrogen and oxygen atoms in total. The fraction of sp³-hybridized carbons (Fsp3) is 0. The van der Waals surface area contributed by atoms with E-state index in [9.17, 15) is 5.11 Å². The van der Waals surface area contributed by atoms with Gasteiger partial charge in [0.05, 0.1) is 5.39 Å². The zero-order valence-electron chi connectivity index (χ0n) is 10.5. The molecule has 0 N–H and O–H groups in total. The van der Waals surface area contributed by atoms with Crippen LogP contribution in [-0.2, 0) is 0 Å². The summed E-state index contributed by atoms with van der Waals surface area (Å²) in [6, 6.07) is 15.2. The number of fused-ring (bicyclic) bond motifs is 1. The van der Waals surface area contributed by atoms with Gasteiger partial charge < -0.3 is 5.11 Å². The molecule has 1 heterocycles. The highest BCUT2D eigenvalue weighted by Crippen LogP contribution is 2.14. The van der Waals surface area contributed by atoms with Crippen LogP contribution in [-0.4, -0.2) is 5.10 Å². The first-order valence-corrected chi connectivity index (χ1v) is 6.93. The van der Waals surface area contributed by atoms with Gasteiger partial charge in [0, 0.05) is 9.86 Å². The summed E-state index contributed by atoms with van der Waals surface area (Å²) in [6.07, 6.45) is 5.07. The Balaban J connectivity index is 1.98. The fourth-order valence-electron chi connectivity index (χ4n) is 1.93. The quantitative estimate of drug-likeness (QED) is 0.536. The van der Waals surface area contributed by atoms with Gasteiger partial charge in [0.25, 0.3) is 0 Å². The van der Waals surface area contributed by atoms with E-state index < -0.39 is 0 Å². The number of halogens is 1. The average molecular weight is 327 g/mol. The fourth-order valence-corrected chi connectivity index (χ4v) is 2.19. The second kappa shape index (κ2) is 5.43. The van der Waals surface area contributed by atoms with Crippen molar-refractivity contribution in [3.8, 4) is 0 Å². The third-order valence-corrected chi connectivity index (χ3v) is 3.50. The minimum Gasteiger partial charge on any atom is -0.868 e. The monoisotopic (exact) mass is 326 g/mol. The molecule has 0 aliphatic carbocycles. The summed E-state index contributed by atoms with van der Waals surface area (Å²) < 4.78 is 2.50. The summed E-state index contributed by atoms with van der Waals surface area (Å²) in [6.45, 7) is 0. The zero-order valence-corrected chi connectivity index (χ0v) is 12.1. The molecule has 0 aliphatic rings. The Labute approximate surface area is 124 Å². The maximum atomic E-state index is 12.1. The van der Waals surface area contributed by atoms with Crippen LogP contribution in [0.15, 0.2) is 65.4 Å². The smallest absolute Gasteiger partial charge is 0.210 e. The molecule has 0 atom stereocenters. The zero-order chi connectivity index (χ0) is 13.9. The van der Waals surface area contributed by atoms with Gasteiger partial charge >= 0.3 is 0 Å². The molecule has 0 amide bonds. The third-order valence-electron chi connectivity index (χ3n) is 2.98. The first-order chi connectivity index (χ1) is 9.72. The lowest BCUT2D eigenvalue weighted by atomic mass is 10.2. The van der Waals surface area contributed by atoms with Crippen LogP contribution in [0, 0.1) is 0 Å². The molecule has 0 fully saturated rings. The van der Waals surface area contributed by atoms with Crippen molar-refractivity contribution in [1.82, 2.24) is 5.10 Å². The molecular formula is C16H11BrN2O. The summed E-state index contributed by atoms with van der Waals surface area (Å²) >= 11 is 3.35. The lowest BCUT2D eigenvalue weighted by Crippen LogP contribution is -2.31. The van der Waals surface area contributed by atoms with Crippen LogP contribution < -0.4 is 9.79 Å². The van der Waals surface area contributed by atoms with Crippen LogP contribution in [0.3, 0.4) is 0 Å². The molecule has 98 valence electrons. The lowest BCUT2D eigenvalue weighted by molar-refractivity contribution is -0.634. The molecule has 0 saturated carbocycles. The summed E-state index contributed by atoms with van der Waals surface area (Å²) in [4.78, 5) is 0. The van der Waals surface area contributed by atoms with Crippen LogP contribution in [0.4, 0.5) is 0 Å². The van der Waals surface area contributed by atoms with E-state index in [1.54, 1.807) is 23.0 Å². The molecule has 0 unspecified atom stereocenters. The van der Waals surface area contributed by atoms with Gasteiger partial charge in [-0.1, -0.05) is 50.9 Å². The van der Waals surface area contributed by atoms with Crippen molar-refractivity contribution in [2.45, 2.75) is 0 Å². The van der Waals surface area contributed by atoms with Crippen LogP contribution in [0.1, 0.15) is 5.56 Å². The largest absolute Gasteiger partial charge is 0.868 e. The first-order valence-electron chi connectivity index (χ1n) is 6.13. The van der Waals surface area contributed by atoms with Gasteiger partial charge in [0.15, 0.2) is 6.20 Å². The first kappa shape index (κ1) is 12.8. The van der Waals surface area contributed by atoms with Gasteiger partial charge in [-0.25, -0.2) is 0 Å². The van der Waals surface area contributed by atoms with E-state index in [0.717, 1.165) is 15.2 Å². The SMILES string of the molecule is [O-]/C(=C\[n+]1cc2ccccc2cn1)c1ccc(Br)cc1. The van der Waals surface area contributed by atoms with E-state index in [-0.39, 0.29) is 5.76 Å². The number of hydrogen-bond acceptors (Lipinski definition) is 2. The summed E-state index contributed by atoms with van der Waals surface area (Å²) in [5.41, 5.74) is 0.635. The molecule has 0 radical (unpaired) electrons. The number of hydrogen-bond donors (Lipinski definition) is 0. The van der Waals surface area contributed by atoms with E-state index in [1.807, 2.05) is 42.6 Å². The Morgan fingerprint density at radius 2 is 1.75 bits per heavy atom. The summed E-state index contributed by atoms with van der Waals surface area (Å²) in [5.74, 6) is -0.0784. The molecule has 3 aromatic rings. The molecule has 0 bridgehead atoms. The van der Waals surface area contributed by atoms with Gasteiger partial charge in [-0.15, -0.1) is 0 Å². The maximum Gasteiger partial charge on any atom is 0.210 e. The van der Waals surface area contributed by atoms with Gasteiger partial charge in [-0.3, -0.25) is 0 Å². The van der Waals surface area contributed by atoms with Crippen molar-refractivity contribution in [3.63, 3.8) is 0 Å². The molecule has 0 spiro atoms. The number of nitrogens with zero attached hydrogens (tertiary/aromatic N) is 2. The maximum absolute atomic E-state index is 12.1. The number of rotatable bonds is 2. The van der Waals surface area contributed by atoms with E-state index >= 15 is 0 Å². The molecule has 1 aromatic heterocycles. The predicted octanol–water partition coefficient (Wildman–Crippen LogP) is 2.60. The minimum atomic E-state index is -0.0784. The second-order valence-corrected chi connectivity index (χ2v) is 5.30. The standard InChI is InChI=1S/C16H11BrN2O/c17-15-7-5-12(6-8-15)16(20)11-19-10-14-4-2-1-3-13(14)9-18-19/h1-11H. The Kier molecular flexibility index (Phi) is 3.48. The van der Waals surface area contributed by atoms with Crippen molar-refractivity contribution in [2.75, 3.05) is 0 Å². The highest BCUT2D eigenvalue weighted by Gasteiger charge is 2.02. The topological polar surface area (TPSA) is 39.8 Å². The Hall–Kier alpha value is -2.20. The Morgan fingerprint density at radius 3 is 2.50 bits per heavy atom. The predicted molar refractivity (Wildman–Crippen MR) is 80.2 cm³/mol. The lowest BCUT2D eigenvalue weighted by Gasteiger charge is -2.08. The van der Waals surface area contributed by atoms with E-state index in [4.69, 9.17) is 0 Å². The minimum absolute atomic E-state index is 0.0784. The molecule has 3 rings (SSSR count). The van der Waals surface area contributed by atoms with E-state index in [1.165, 1.54) is 6.20 Å². The second-order valence-electron chi connectivity index (χ2n) is 4.38. The number of benzene rings is 2. The highest BCUT2D eigenvalue weighted by atomic mass is 79.9. The van der Waals surface area contributed by atoms with Gasteiger partial charge in [0.2, 0.25) is 6.20 Å². The van der Waals surface area contributed by atoms with Crippen LogP contribution >= 0.6 is 15.9 Å². The normalized spacial score (nSPS) is 11.8. The molecular weight excluding hydrogens is 316 g/mol. The van der Waals surface area contributed by atoms with Crippen molar-refractivity contribution < 1.29 is 9.79 Å². The van der Waals surface area contributed by atoms with Crippen LogP contribution in [0.5, 0.6) is 0 Å². The molecule has 2 aromatic carbocycles. The third kappa shape index (κ3) is 2.70. The summed E-state index contributed by atoms with van der Waals surface area (Å²) in [5, 5.41) is 18.4. The van der Waals surface area contributed by atoms with E-state index in [2.05, 4.69) is 21.0 Å². The van der Waals surface area contributed by atoms with Crippen molar-refractivity contribution in [1.29, 1.82) is 0 Å². The Bertz CT molecular complexity index is 782. The highest BCUT2D eigenvalue weighted by molar-refractivity contribution is 9.10. The van der Waals surface area contributed by atoms with Gasteiger partial charge in [0.1, 0.15) is 6.20 Å². The Morgan fingerprint density at radius 1 is 1.05 bits per heavy atom. The van der Waals surface area contributed by atoms with Gasteiger partial charge in [-0.05, 0) is 34.6 Å². The van der Waals surface area contributed by atoms with Crippen molar-refractivity contribution in [2.24, 2.45) is 0 Å². The molecule has 0 aliphatic heterocycles. The van der Waals surface area contributed by atoms with E-state index in [0.29, 0.717) is 5.56 Å².